The SMILES string of the molecule is CCOc1cccc2c1-c1ccc(CS(N)(=O)=O)cc1C(c1ccccc1)O2. The summed E-state index contributed by atoms with van der Waals surface area (Å²) in [5, 5.41) is 5.25. The number of nitrogens with two attached hydrogens (primary N) is 1. The number of benzene rings is 3. The van der Waals surface area contributed by atoms with Crippen LogP contribution in [0.25, 0.3) is 11.1 Å². The molecule has 2 N–H and O–H groups in total. The highest BCUT2D eigenvalue weighted by molar-refractivity contribution is 7.88. The zero-order valence-corrected chi connectivity index (χ0v) is 16.3. The topological polar surface area (TPSA) is 78.6 Å². The summed E-state index contributed by atoms with van der Waals surface area (Å²) in [5.74, 6) is 1.26. The van der Waals surface area contributed by atoms with Crippen LogP contribution in [0.2, 0.25) is 0 Å². The van der Waals surface area contributed by atoms with E-state index in [0.717, 1.165) is 33.8 Å². The summed E-state index contributed by atoms with van der Waals surface area (Å²) >= 11 is 0. The first-order valence-corrected chi connectivity index (χ1v) is 10.8. The van der Waals surface area contributed by atoms with Gasteiger partial charge in [-0.05, 0) is 35.7 Å². The van der Waals surface area contributed by atoms with Gasteiger partial charge < -0.3 is 9.47 Å². The van der Waals surface area contributed by atoms with E-state index >= 15 is 0 Å². The van der Waals surface area contributed by atoms with Crippen molar-refractivity contribution in [3.05, 3.63) is 83.4 Å². The highest BCUT2D eigenvalue weighted by Gasteiger charge is 2.30. The molecule has 3 aromatic rings. The van der Waals surface area contributed by atoms with E-state index in [9.17, 15) is 8.42 Å². The third kappa shape index (κ3) is 3.61. The van der Waals surface area contributed by atoms with E-state index in [2.05, 4.69) is 0 Å². The average Bonchev–Trinajstić information content (AvgIpc) is 2.67. The lowest BCUT2D eigenvalue weighted by Gasteiger charge is -2.30. The summed E-state index contributed by atoms with van der Waals surface area (Å²) in [5.41, 5.74) is 4.37. The molecule has 0 fully saturated rings. The number of hydrogen-bond donors (Lipinski definition) is 1. The molecule has 6 heteroatoms. The van der Waals surface area contributed by atoms with E-state index in [4.69, 9.17) is 14.6 Å². The van der Waals surface area contributed by atoms with Crippen LogP contribution in [0.3, 0.4) is 0 Å². The van der Waals surface area contributed by atoms with Gasteiger partial charge in [0.15, 0.2) is 0 Å². The summed E-state index contributed by atoms with van der Waals surface area (Å²) in [7, 11) is -3.63. The normalized spacial score (nSPS) is 15.3. The molecule has 0 aromatic heterocycles. The molecule has 3 aromatic carbocycles. The van der Waals surface area contributed by atoms with E-state index in [1.54, 1.807) is 6.07 Å². The third-order valence-corrected chi connectivity index (χ3v) is 5.41. The van der Waals surface area contributed by atoms with E-state index in [1.165, 1.54) is 0 Å². The molecule has 0 spiro atoms. The van der Waals surface area contributed by atoms with Crippen LogP contribution in [0.1, 0.15) is 29.7 Å². The maximum absolute atomic E-state index is 11.6. The fraction of sp³-hybridized carbons (Fsp3) is 0.182. The van der Waals surface area contributed by atoms with Gasteiger partial charge in [0, 0.05) is 5.56 Å². The number of ether oxygens (including phenoxy) is 2. The van der Waals surface area contributed by atoms with E-state index in [1.807, 2.05) is 67.6 Å². The zero-order valence-electron chi connectivity index (χ0n) is 15.5. The average molecular weight is 395 g/mol. The predicted molar refractivity (Wildman–Crippen MR) is 109 cm³/mol. The summed E-state index contributed by atoms with van der Waals surface area (Å²) < 4.78 is 35.3. The second kappa shape index (κ2) is 7.30. The van der Waals surface area contributed by atoms with Crippen LogP contribution in [0.15, 0.2) is 66.7 Å². The van der Waals surface area contributed by atoms with Crippen molar-refractivity contribution in [1.29, 1.82) is 0 Å². The minimum atomic E-state index is -3.63. The molecule has 1 aliphatic rings. The van der Waals surface area contributed by atoms with Gasteiger partial charge in [-0.1, -0.05) is 54.6 Å². The van der Waals surface area contributed by atoms with Crippen molar-refractivity contribution in [3.63, 3.8) is 0 Å². The molecule has 1 atom stereocenters. The molecule has 0 amide bonds. The lowest BCUT2D eigenvalue weighted by molar-refractivity contribution is 0.241. The van der Waals surface area contributed by atoms with Gasteiger partial charge >= 0.3 is 0 Å². The van der Waals surface area contributed by atoms with Crippen LogP contribution in [0.5, 0.6) is 11.5 Å². The van der Waals surface area contributed by atoms with E-state index in [0.29, 0.717) is 12.2 Å². The Morgan fingerprint density at radius 2 is 1.82 bits per heavy atom. The molecule has 1 heterocycles. The van der Waals surface area contributed by atoms with E-state index in [-0.39, 0.29) is 11.9 Å². The van der Waals surface area contributed by atoms with Crippen molar-refractivity contribution in [1.82, 2.24) is 0 Å². The second-order valence-electron chi connectivity index (χ2n) is 6.70. The standard InChI is InChI=1S/C22H21NO4S/c1-2-26-19-9-6-10-20-21(19)17-12-11-15(14-28(23,24)25)13-18(17)22(27-20)16-7-4-3-5-8-16/h3-13,22H,2,14H2,1H3,(H2,23,24,25). The van der Waals surface area contributed by atoms with Crippen LogP contribution in [-0.2, 0) is 15.8 Å². The van der Waals surface area contributed by atoms with Crippen molar-refractivity contribution < 1.29 is 17.9 Å². The quantitative estimate of drug-likeness (QED) is 0.708. The van der Waals surface area contributed by atoms with Crippen LogP contribution in [0, 0.1) is 0 Å². The molecule has 0 saturated carbocycles. The highest BCUT2D eigenvalue weighted by Crippen LogP contribution is 2.49. The minimum Gasteiger partial charge on any atom is -0.493 e. The number of fused-ring (bicyclic) bond motifs is 3. The first-order chi connectivity index (χ1) is 13.5. The molecule has 0 bridgehead atoms. The second-order valence-corrected chi connectivity index (χ2v) is 8.31. The molecule has 28 heavy (non-hydrogen) atoms. The van der Waals surface area contributed by atoms with Crippen molar-refractivity contribution in [3.8, 4) is 22.6 Å². The molecule has 1 aliphatic heterocycles. The van der Waals surface area contributed by atoms with Crippen molar-refractivity contribution >= 4 is 10.0 Å². The predicted octanol–water partition coefficient (Wildman–Crippen LogP) is 4.02. The summed E-state index contributed by atoms with van der Waals surface area (Å²) in [6, 6.07) is 21.2. The molecule has 144 valence electrons. The van der Waals surface area contributed by atoms with Crippen LogP contribution < -0.4 is 14.6 Å². The number of sulfonamides is 1. The van der Waals surface area contributed by atoms with E-state index < -0.39 is 10.0 Å². The molecule has 0 radical (unpaired) electrons. The largest absolute Gasteiger partial charge is 0.493 e. The Morgan fingerprint density at radius 1 is 1.04 bits per heavy atom. The summed E-state index contributed by atoms with van der Waals surface area (Å²) in [6.45, 7) is 2.48. The molecular formula is C22H21NO4S. The number of hydrogen-bond acceptors (Lipinski definition) is 4. The Balaban J connectivity index is 1.91. The Labute approximate surface area is 164 Å². The van der Waals surface area contributed by atoms with Crippen molar-refractivity contribution in [2.24, 2.45) is 5.14 Å². The van der Waals surface area contributed by atoms with Gasteiger partial charge in [0.25, 0.3) is 0 Å². The molecular weight excluding hydrogens is 374 g/mol. The minimum absolute atomic E-state index is 0.220. The molecule has 1 unspecified atom stereocenters. The lowest BCUT2D eigenvalue weighted by Crippen LogP contribution is -2.18. The number of primary sulfonamides is 1. The summed E-state index contributed by atoms with van der Waals surface area (Å²) in [4.78, 5) is 0. The van der Waals surface area contributed by atoms with Gasteiger partial charge in [-0.2, -0.15) is 0 Å². The number of rotatable bonds is 5. The first kappa shape index (κ1) is 18.5. The first-order valence-electron chi connectivity index (χ1n) is 9.07. The zero-order chi connectivity index (χ0) is 19.7. The molecule has 4 rings (SSSR count). The van der Waals surface area contributed by atoms with Gasteiger partial charge in [-0.3, -0.25) is 0 Å². The monoisotopic (exact) mass is 395 g/mol. The van der Waals surface area contributed by atoms with Crippen LogP contribution in [-0.4, -0.2) is 15.0 Å². The highest BCUT2D eigenvalue weighted by atomic mass is 32.2. The van der Waals surface area contributed by atoms with Gasteiger partial charge in [0.1, 0.15) is 17.6 Å². The molecule has 5 nitrogen and oxygen atoms in total. The van der Waals surface area contributed by atoms with Gasteiger partial charge in [-0.15, -0.1) is 0 Å². The van der Waals surface area contributed by atoms with Crippen LogP contribution >= 0.6 is 0 Å². The maximum atomic E-state index is 11.6. The molecule has 0 aliphatic carbocycles. The smallest absolute Gasteiger partial charge is 0.213 e. The van der Waals surface area contributed by atoms with Crippen molar-refractivity contribution in [2.75, 3.05) is 6.61 Å². The fourth-order valence-electron chi connectivity index (χ4n) is 3.60. The Hall–Kier alpha value is -2.83. The van der Waals surface area contributed by atoms with Crippen molar-refractivity contribution in [2.45, 2.75) is 18.8 Å². The molecule has 0 saturated heterocycles. The lowest BCUT2D eigenvalue weighted by atomic mass is 9.88. The summed E-state index contributed by atoms with van der Waals surface area (Å²) in [6.07, 6.45) is -0.346. The Morgan fingerprint density at radius 3 is 2.54 bits per heavy atom. The van der Waals surface area contributed by atoms with Crippen LogP contribution in [0.4, 0.5) is 0 Å². The maximum Gasteiger partial charge on any atom is 0.213 e. The fourth-order valence-corrected chi connectivity index (χ4v) is 4.24. The third-order valence-electron chi connectivity index (χ3n) is 4.67. The van der Waals surface area contributed by atoms with Gasteiger partial charge in [0.2, 0.25) is 10.0 Å². The van der Waals surface area contributed by atoms with Gasteiger partial charge in [-0.25, -0.2) is 13.6 Å². The Kier molecular flexibility index (Phi) is 4.83. The van der Waals surface area contributed by atoms with Gasteiger partial charge in [0.05, 0.1) is 17.9 Å². The Bertz CT molecular complexity index is 1110.